The topological polar surface area (TPSA) is 39.4 Å². The van der Waals surface area contributed by atoms with Crippen molar-refractivity contribution in [2.45, 2.75) is 0 Å². The van der Waals surface area contributed by atoms with Gasteiger partial charge in [-0.15, -0.1) is 0 Å². The Kier molecular flexibility index (Phi) is 3.27. The molecule has 4 heteroatoms. The molecule has 112 valence electrons. The Labute approximate surface area is 133 Å². The van der Waals surface area contributed by atoms with E-state index in [0.29, 0.717) is 0 Å². The molecule has 3 aromatic carbocycles. The molecule has 0 atom stereocenters. The lowest BCUT2D eigenvalue weighted by Crippen LogP contribution is -1.89. The van der Waals surface area contributed by atoms with Crippen molar-refractivity contribution in [3.63, 3.8) is 0 Å². The van der Waals surface area contributed by atoms with Crippen LogP contribution < -0.4 is 4.74 Å². The van der Waals surface area contributed by atoms with Crippen LogP contribution in [0.4, 0.5) is 0 Å². The molecule has 23 heavy (non-hydrogen) atoms. The van der Waals surface area contributed by atoms with Crippen LogP contribution in [0.25, 0.3) is 21.8 Å². The molecule has 0 saturated carbocycles. The number of para-hydroxylation sites is 2. The number of rotatable bonds is 3. The van der Waals surface area contributed by atoms with Gasteiger partial charge in [0.2, 0.25) is 0 Å². The van der Waals surface area contributed by atoms with Crippen molar-refractivity contribution in [1.82, 2.24) is 9.66 Å². The molecule has 4 aromatic rings. The second kappa shape index (κ2) is 5.57. The first-order chi connectivity index (χ1) is 11.3. The molecule has 0 amide bonds. The fraction of sp³-hybridized carbons (Fsp3) is 0.0526. The second-order valence-corrected chi connectivity index (χ2v) is 5.29. The fourth-order valence-corrected chi connectivity index (χ4v) is 2.62. The Morgan fingerprint density at radius 1 is 1.00 bits per heavy atom. The van der Waals surface area contributed by atoms with Gasteiger partial charge in [0.15, 0.2) is 0 Å². The number of benzene rings is 3. The van der Waals surface area contributed by atoms with Gasteiger partial charge in [-0.1, -0.05) is 30.3 Å². The van der Waals surface area contributed by atoms with E-state index in [2.05, 4.69) is 28.3 Å². The number of methoxy groups -OCH3 is 1. The van der Waals surface area contributed by atoms with E-state index in [0.717, 1.165) is 33.1 Å². The van der Waals surface area contributed by atoms with Crippen LogP contribution in [0.15, 0.2) is 72.1 Å². The summed E-state index contributed by atoms with van der Waals surface area (Å²) in [6.07, 6.45) is 3.57. The van der Waals surface area contributed by atoms with E-state index < -0.39 is 0 Å². The van der Waals surface area contributed by atoms with Crippen LogP contribution in [0.3, 0.4) is 0 Å². The maximum absolute atomic E-state index is 5.25. The SMILES string of the molecule is COc1ccc2cc(/C=N\n3cnc4ccccc43)ccc2c1. The molecule has 0 unspecified atom stereocenters. The lowest BCUT2D eigenvalue weighted by Gasteiger charge is -2.03. The first-order valence-corrected chi connectivity index (χ1v) is 7.38. The van der Waals surface area contributed by atoms with Gasteiger partial charge in [0.05, 0.1) is 24.4 Å². The number of hydrogen-bond acceptors (Lipinski definition) is 3. The summed E-state index contributed by atoms with van der Waals surface area (Å²) >= 11 is 0. The van der Waals surface area contributed by atoms with Gasteiger partial charge in [-0.3, -0.25) is 0 Å². The number of imidazole rings is 1. The van der Waals surface area contributed by atoms with Gasteiger partial charge < -0.3 is 4.74 Å². The minimum atomic E-state index is 0.865. The quantitative estimate of drug-likeness (QED) is 0.535. The van der Waals surface area contributed by atoms with E-state index in [9.17, 15) is 0 Å². The number of fused-ring (bicyclic) bond motifs is 2. The van der Waals surface area contributed by atoms with Gasteiger partial charge in [-0.05, 0) is 46.7 Å². The van der Waals surface area contributed by atoms with Gasteiger partial charge in [0.25, 0.3) is 0 Å². The highest BCUT2D eigenvalue weighted by molar-refractivity contribution is 5.91. The van der Waals surface area contributed by atoms with Gasteiger partial charge in [0, 0.05) is 0 Å². The number of hydrogen-bond donors (Lipinski definition) is 0. The molecule has 0 radical (unpaired) electrons. The highest BCUT2D eigenvalue weighted by Crippen LogP contribution is 2.21. The van der Waals surface area contributed by atoms with Crippen LogP contribution in [-0.2, 0) is 0 Å². The summed E-state index contributed by atoms with van der Waals surface area (Å²) in [7, 11) is 1.68. The molecule has 0 saturated heterocycles. The molecule has 0 aliphatic carbocycles. The van der Waals surface area contributed by atoms with E-state index >= 15 is 0 Å². The predicted octanol–water partition coefficient (Wildman–Crippen LogP) is 4.08. The third-order valence-corrected chi connectivity index (χ3v) is 3.84. The Balaban J connectivity index is 1.69. The van der Waals surface area contributed by atoms with Crippen molar-refractivity contribution in [3.8, 4) is 5.75 Å². The zero-order valence-electron chi connectivity index (χ0n) is 12.7. The average molecular weight is 301 g/mol. The second-order valence-electron chi connectivity index (χ2n) is 5.29. The van der Waals surface area contributed by atoms with E-state index in [4.69, 9.17) is 4.74 Å². The van der Waals surface area contributed by atoms with Crippen molar-refractivity contribution >= 4 is 28.0 Å². The standard InChI is InChI=1S/C19H15N3O/c1-23-17-9-8-15-10-14(6-7-16(15)11-17)12-21-22-13-20-18-4-2-3-5-19(18)22/h2-13H,1H3/b21-12-. The van der Waals surface area contributed by atoms with Gasteiger partial charge in [-0.25, -0.2) is 9.66 Å². The smallest absolute Gasteiger partial charge is 0.119 e. The predicted molar refractivity (Wildman–Crippen MR) is 93.2 cm³/mol. The monoisotopic (exact) mass is 301 g/mol. The Hall–Kier alpha value is -3.14. The summed E-state index contributed by atoms with van der Waals surface area (Å²) in [5.74, 6) is 0.865. The molecule has 4 nitrogen and oxygen atoms in total. The highest BCUT2D eigenvalue weighted by atomic mass is 16.5. The molecule has 0 spiro atoms. The third kappa shape index (κ3) is 2.55. The molecule has 0 N–H and O–H groups in total. The van der Waals surface area contributed by atoms with Crippen LogP contribution in [0.2, 0.25) is 0 Å². The average Bonchev–Trinajstić information content (AvgIpc) is 3.02. The van der Waals surface area contributed by atoms with Crippen LogP contribution in [-0.4, -0.2) is 23.0 Å². The maximum atomic E-state index is 5.25. The van der Waals surface area contributed by atoms with E-state index in [-0.39, 0.29) is 0 Å². The zero-order valence-corrected chi connectivity index (χ0v) is 12.7. The number of ether oxygens (including phenoxy) is 1. The zero-order chi connectivity index (χ0) is 15.6. The largest absolute Gasteiger partial charge is 0.497 e. The Morgan fingerprint density at radius 2 is 1.83 bits per heavy atom. The summed E-state index contributed by atoms with van der Waals surface area (Å²) in [5.41, 5.74) is 2.98. The van der Waals surface area contributed by atoms with E-state index in [1.54, 1.807) is 18.1 Å². The van der Waals surface area contributed by atoms with Crippen molar-refractivity contribution in [1.29, 1.82) is 0 Å². The molecule has 0 aliphatic rings. The molecule has 1 aromatic heterocycles. The number of aromatic nitrogens is 2. The lowest BCUT2D eigenvalue weighted by atomic mass is 10.1. The van der Waals surface area contributed by atoms with Crippen LogP contribution >= 0.6 is 0 Å². The Morgan fingerprint density at radius 3 is 2.74 bits per heavy atom. The molecular weight excluding hydrogens is 286 g/mol. The molecule has 0 bridgehead atoms. The Bertz CT molecular complexity index is 1020. The lowest BCUT2D eigenvalue weighted by molar-refractivity contribution is 0.415. The first kappa shape index (κ1) is 13.5. The van der Waals surface area contributed by atoms with E-state index in [1.165, 1.54) is 0 Å². The maximum Gasteiger partial charge on any atom is 0.119 e. The van der Waals surface area contributed by atoms with Crippen LogP contribution in [0.5, 0.6) is 5.75 Å². The highest BCUT2D eigenvalue weighted by Gasteiger charge is 2.00. The summed E-state index contributed by atoms with van der Waals surface area (Å²) < 4.78 is 7.04. The van der Waals surface area contributed by atoms with E-state index in [1.807, 2.05) is 48.7 Å². The van der Waals surface area contributed by atoms with Crippen molar-refractivity contribution < 1.29 is 4.74 Å². The molecule has 1 heterocycles. The molecule has 0 aliphatic heterocycles. The van der Waals surface area contributed by atoms with Crippen LogP contribution in [0, 0.1) is 0 Å². The summed E-state index contributed by atoms with van der Waals surface area (Å²) in [5, 5.41) is 6.82. The summed E-state index contributed by atoms with van der Waals surface area (Å²) in [6, 6.07) is 20.2. The van der Waals surface area contributed by atoms with Crippen molar-refractivity contribution in [3.05, 3.63) is 72.6 Å². The summed E-state index contributed by atoms with van der Waals surface area (Å²) in [6.45, 7) is 0. The minimum Gasteiger partial charge on any atom is -0.497 e. The molecular formula is C19H15N3O. The van der Waals surface area contributed by atoms with Gasteiger partial charge >= 0.3 is 0 Å². The molecule has 0 fully saturated rings. The number of nitrogens with zero attached hydrogens (tertiary/aromatic N) is 3. The van der Waals surface area contributed by atoms with Crippen LogP contribution in [0.1, 0.15) is 5.56 Å². The van der Waals surface area contributed by atoms with Gasteiger partial charge in [0.1, 0.15) is 12.1 Å². The molecule has 4 rings (SSSR count). The fourth-order valence-electron chi connectivity index (χ4n) is 2.62. The van der Waals surface area contributed by atoms with Gasteiger partial charge in [-0.2, -0.15) is 5.10 Å². The minimum absolute atomic E-state index is 0.865. The summed E-state index contributed by atoms with van der Waals surface area (Å²) in [4.78, 5) is 4.34. The first-order valence-electron chi connectivity index (χ1n) is 7.38. The third-order valence-electron chi connectivity index (χ3n) is 3.84. The normalized spacial score (nSPS) is 11.5. The van der Waals surface area contributed by atoms with Crippen molar-refractivity contribution in [2.75, 3.05) is 7.11 Å². The van der Waals surface area contributed by atoms with Crippen molar-refractivity contribution in [2.24, 2.45) is 5.10 Å².